The van der Waals surface area contributed by atoms with Crippen LogP contribution in [0.1, 0.15) is 28.9 Å². The molecule has 2 aliphatic heterocycles. The van der Waals surface area contributed by atoms with Crippen LogP contribution in [0.5, 0.6) is 0 Å². The molecule has 132 valence electrons. The van der Waals surface area contributed by atoms with Gasteiger partial charge in [-0.1, -0.05) is 0 Å². The van der Waals surface area contributed by atoms with Gasteiger partial charge in [0.15, 0.2) is 0 Å². The number of aryl methyl sites for hydroxylation is 1. The van der Waals surface area contributed by atoms with Crippen LogP contribution < -0.4 is 5.32 Å². The first-order valence-corrected chi connectivity index (χ1v) is 8.69. The number of aromatic nitrogens is 1. The van der Waals surface area contributed by atoms with Crippen LogP contribution in [0.15, 0.2) is 12.3 Å². The SMILES string of the molecule is Cc1cc[nH]c1C(=O)NC1CCCN(CCN2CCOCC2)C1=O. The van der Waals surface area contributed by atoms with E-state index in [0.29, 0.717) is 18.7 Å². The summed E-state index contributed by atoms with van der Waals surface area (Å²) in [6.07, 6.45) is 3.36. The molecule has 0 aromatic carbocycles. The monoisotopic (exact) mass is 334 g/mol. The lowest BCUT2D eigenvalue weighted by atomic mass is 10.0. The molecule has 0 aliphatic carbocycles. The number of ether oxygens (including phenoxy) is 1. The molecule has 0 radical (unpaired) electrons. The van der Waals surface area contributed by atoms with Crippen molar-refractivity contribution in [3.05, 3.63) is 23.5 Å². The van der Waals surface area contributed by atoms with E-state index in [4.69, 9.17) is 4.74 Å². The maximum Gasteiger partial charge on any atom is 0.268 e. The van der Waals surface area contributed by atoms with E-state index in [2.05, 4.69) is 15.2 Å². The number of carbonyl (C=O) groups excluding carboxylic acids is 2. The third-order valence-electron chi connectivity index (χ3n) is 4.81. The third kappa shape index (κ3) is 3.96. The number of hydrogen-bond acceptors (Lipinski definition) is 4. The van der Waals surface area contributed by atoms with Gasteiger partial charge in [-0.05, 0) is 31.4 Å². The lowest BCUT2D eigenvalue weighted by molar-refractivity contribution is -0.136. The molecule has 2 aliphatic rings. The highest BCUT2D eigenvalue weighted by Crippen LogP contribution is 2.13. The Morgan fingerprint density at radius 3 is 2.83 bits per heavy atom. The molecule has 2 N–H and O–H groups in total. The number of H-pyrrole nitrogens is 1. The van der Waals surface area contributed by atoms with Crippen molar-refractivity contribution in [2.75, 3.05) is 45.9 Å². The van der Waals surface area contributed by atoms with Crippen LogP contribution >= 0.6 is 0 Å². The first-order valence-electron chi connectivity index (χ1n) is 8.69. The Kier molecular flexibility index (Phi) is 5.52. The summed E-state index contributed by atoms with van der Waals surface area (Å²) in [7, 11) is 0. The highest BCUT2D eigenvalue weighted by Gasteiger charge is 2.30. The maximum atomic E-state index is 12.6. The molecule has 0 spiro atoms. The van der Waals surface area contributed by atoms with Gasteiger partial charge >= 0.3 is 0 Å². The highest BCUT2D eigenvalue weighted by atomic mass is 16.5. The fourth-order valence-corrected chi connectivity index (χ4v) is 3.31. The van der Waals surface area contributed by atoms with E-state index in [1.165, 1.54) is 0 Å². The zero-order valence-electron chi connectivity index (χ0n) is 14.2. The number of rotatable bonds is 5. The van der Waals surface area contributed by atoms with Crippen LogP contribution in [0.2, 0.25) is 0 Å². The van der Waals surface area contributed by atoms with Gasteiger partial charge in [0.05, 0.1) is 13.2 Å². The van der Waals surface area contributed by atoms with Gasteiger partial charge in [-0.3, -0.25) is 14.5 Å². The molecule has 2 fully saturated rings. The maximum absolute atomic E-state index is 12.6. The minimum Gasteiger partial charge on any atom is -0.379 e. The Hall–Kier alpha value is -1.86. The number of aromatic amines is 1. The Labute approximate surface area is 142 Å². The molecule has 0 bridgehead atoms. The van der Waals surface area contributed by atoms with Crippen LogP contribution in [0.3, 0.4) is 0 Å². The van der Waals surface area contributed by atoms with Gasteiger partial charge in [-0.15, -0.1) is 0 Å². The molecule has 1 atom stereocenters. The van der Waals surface area contributed by atoms with Gasteiger partial charge in [-0.25, -0.2) is 0 Å². The van der Waals surface area contributed by atoms with Gasteiger partial charge in [0, 0.05) is 38.9 Å². The number of likely N-dealkylation sites (tertiary alicyclic amines) is 1. The Morgan fingerprint density at radius 2 is 2.12 bits per heavy atom. The number of piperidine rings is 1. The predicted octanol–water partition coefficient (Wildman–Crippen LogP) is 0.376. The number of nitrogens with zero attached hydrogens (tertiary/aromatic N) is 2. The molecule has 3 heterocycles. The fraction of sp³-hybridized carbons (Fsp3) is 0.647. The normalized spacial score (nSPS) is 22.6. The van der Waals surface area contributed by atoms with Crippen molar-refractivity contribution < 1.29 is 14.3 Å². The molecule has 7 nitrogen and oxygen atoms in total. The Bertz CT molecular complexity index is 580. The minimum atomic E-state index is -0.418. The second-order valence-corrected chi connectivity index (χ2v) is 6.48. The zero-order chi connectivity index (χ0) is 16.9. The van der Waals surface area contributed by atoms with E-state index in [1.807, 2.05) is 17.9 Å². The molecule has 3 rings (SSSR count). The van der Waals surface area contributed by atoms with Crippen molar-refractivity contribution in [2.24, 2.45) is 0 Å². The first kappa shape index (κ1) is 17.0. The van der Waals surface area contributed by atoms with Crippen molar-refractivity contribution in [3.63, 3.8) is 0 Å². The van der Waals surface area contributed by atoms with Crippen LogP contribution in [0.4, 0.5) is 0 Å². The predicted molar refractivity (Wildman–Crippen MR) is 89.9 cm³/mol. The Balaban J connectivity index is 1.52. The van der Waals surface area contributed by atoms with Gasteiger partial charge in [0.2, 0.25) is 5.91 Å². The van der Waals surface area contributed by atoms with Crippen molar-refractivity contribution in [1.29, 1.82) is 0 Å². The quantitative estimate of drug-likeness (QED) is 0.816. The number of amides is 2. The van der Waals surface area contributed by atoms with Gasteiger partial charge in [0.1, 0.15) is 11.7 Å². The van der Waals surface area contributed by atoms with Gasteiger partial charge in [-0.2, -0.15) is 0 Å². The van der Waals surface area contributed by atoms with Crippen LogP contribution in [0, 0.1) is 6.92 Å². The lowest BCUT2D eigenvalue weighted by Gasteiger charge is -2.35. The summed E-state index contributed by atoms with van der Waals surface area (Å²) in [4.78, 5) is 32.1. The molecule has 1 aromatic heterocycles. The van der Waals surface area contributed by atoms with Crippen LogP contribution in [-0.2, 0) is 9.53 Å². The number of hydrogen-bond donors (Lipinski definition) is 2. The highest BCUT2D eigenvalue weighted by molar-refractivity contribution is 5.97. The second kappa shape index (κ2) is 7.81. The molecule has 7 heteroatoms. The van der Waals surface area contributed by atoms with Crippen molar-refractivity contribution in [2.45, 2.75) is 25.8 Å². The van der Waals surface area contributed by atoms with Crippen molar-refractivity contribution >= 4 is 11.8 Å². The lowest BCUT2D eigenvalue weighted by Crippen LogP contribution is -2.54. The smallest absolute Gasteiger partial charge is 0.268 e. The third-order valence-corrected chi connectivity index (χ3v) is 4.81. The van der Waals surface area contributed by atoms with Gasteiger partial charge < -0.3 is 19.9 Å². The molecule has 1 aromatic rings. The molecule has 1 unspecified atom stereocenters. The zero-order valence-corrected chi connectivity index (χ0v) is 14.2. The number of nitrogens with one attached hydrogen (secondary N) is 2. The summed E-state index contributed by atoms with van der Waals surface area (Å²) in [6.45, 7) is 7.62. The fourth-order valence-electron chi connectivity index (χ4n) is 3.31. The number of morpholine rings is 1. The Morgan fingerprint density at radius 1 is 1.33 bits per heavy atom. The second-order valence-electron chi connectivity index (χ2n) is 6.48. The van der Waals surface area contributed by atoms with E-state index in [1.54, 1.807) is 6.20 Å². The molecular formula is C17H26N4O3. The summed E-state index contributed by atoms with van der Waals surface area (Å²) in [5.41, 5.74) is 1.42. The summed E-state index contributed by atoms with van der Waals surface area (Å²) in [5.74, 6) is -0.169. The summed E-state index contributed by atoms with van der Waals surface area (Å²) < 4.78 is 5.35. The average Bonchev–Trinajstić information content (AvgIpc) is 3.03. The molecule has 2 amide bonds. The largest absolute Gasteiger partial charge is 0.379 e. The van der Waals surface area contributed by atoms with Gasteiger partial charge in [0.25, 0.3) is 5.91 Å². The molecular weight excluding hydrogens is 308 g/mol. The van der Waals surface area contributed by atoms with Crippen LogP contribution in [-0.4, -0.2) is 78.6 Å². The van der Waals surface area contributed by atoms with Crippen molar-refractivity contribution in [3.8, 4) is 0 Å². The first-order chi connectivity index (χ1) is 11.6. The summed E-state index contributed by atoms with van der Waals surface area (Å²) in [6, 6.07) is 1.44. The van der Waals surface area contributed by atoms with E-state index >= 15 is 0 Å². The van der Waals surface area contributed by atoms with E-state index in [0.717, 1.165) is 51.4 Å². The standard InChI is InChI=1S/C17H26N4O3/c1-13-4-5-18-15(13)16(22)19-14-3-2-6-21(17(14)23)8-7-20-9-11-24-12-10-20/h4-5,14,18H,2-3,6-12H2,1H3,(H,19,22). The number of carbonyl (C=O) groups is 2. The molecule has 2 saturated heterocycles. The minimum absolute atomic E-state index is 0.0343. The van der Waals surface area contributed by atoms with Crippen molar-refractivity contribution in [1.82, 2.24) is 20.1 Å². The van der Waals surface area contributed by atoms with E-state index in [9.17, 15) is 9.59 Å². The van der Waals surface area contributed by atoms with E-state index in [-0.39, 0.29) is 11.8 Å². The topological polar surface area (TPSA) is 77.7 Å². The van der Waals surface area contributed by atoms with Crippen LogP contribution in [0.25, 0.3) is 0 Å². The average molecular weight is 334 g/mol. The van der Waals surface area contributed by atoms with E-state index < -0.39 is 6.04 Å². The molecule has 0 saturated carbocycles. The summed E-state index contributed by atoms with van der Waals surface area (Å²) >= 11 is 0. The summed E-state index contributed by atoms with van der Waals surface area (Å²) in [5, 5.41) is 2.88. The molecule has 24 heavy (non-hydrogen) atoms.